The number of aromatic nitrogens is 2. The molecule has 1 aliphatic rings. The monoisotopic (exact) mass is 269 g/mol. The molecule has 2 heterocycles. The van der Waals surface area contributed by atoms with Gasteiger partial charge in [-0.2, -0.15) is 5.10 Å². The molecule has 1 aromatic rings. The minimum Gasteiger partial charge on any atom is -0.480 e. The van der Waals surface area contributed by atoms with E-state index >= 15 is 0 Å². The Morgan fingerprint density at radius 3 is 3.00 bits per heavy atom. The number of rotatable bonds is 5. The maximum atomic E-state index is 5.82. The van der Waals surface area contributed by atoms with Gasteiger partial charge in [0, 0.05) is 25.0 Å². The molecule has 0 aliphatic carbocycles. The summed E-state index contributed by atoms with van der Waals surface area (Å²) in [6.45, 7) is 3.14. The van der Waals surface area contributed by atoms with E-state index in [-0.39, 0.29) is 0 Å². The highest BCUT2D eigenvalue weighted by atomic mass is 35.5. The van der Waals surface area contributed by atoms with Gasteiger partial charge in [0.15, 0.2) is 0 Å². The summed E-state index contributed by atoms with van der Waals surface area (Å²) in [6, 6.07) is 3.85. The van der Waals surface area contributed by atoms with Crippen molar-refractivity contribution in [2.75, 3.05) is 26.1 Å². The zero-order valence-electron chi connectivity index (χ0n) is 10.8. The SMILES string of the molecule is COc1ccc(CN2CCCC(CCCl)C2)nn1. The fourth-order valence-electron chi connectivity index (χ4n) is 2.45. The molecule has 2 rings (SSSR count). The summed E-state index contributed by atoms with van der Waals surface area (Å²) in [6.07, 6.45) is 3.68. The smallest absolute Gasteiger partial charge is 0.233 e. The number of nitrogens with zero attached hydrogens (tertiary/aromatic N) is 3. The molecule has 0 spiro atoms. The van der Waals surface area contributed by atoms with Crippen LogP contribution in [-0.4, -0.2) is 41.2 Å². The van der Waals surface area contributed by atoms with Crippen molar-refractivity contribution in [3.63, 3.8) is 0 Å². The van der Waals surface area contributed by atoms with Crippen LogP contribution >= 0.6 is 11.6 Å². The Labute approximate surface area is 113 Å². The van der Waals surface area contributed by atoms with Crippen molar-refractivity contribution in [3.8, 4) is 5.88 Å². The van der Waals surface area contributed by atoms with E-state index in [1.165, 1.54) is 12.8 Å². The standard InChI is InChI=1S/C13H20ClN3O/c1-18-13-5-4-12(15-16-13)10-17-8-2-3-11(9-17)6-7-14/h4-5,11H,2-3,6-10H2,1H3. The van der Waals surface area contributed by atoms with Crippen LogP contribution in [-0.2, 0) is 6.54 Å². The number of piperidine rings is 1. The second-order valence-electron chi connectivity index (χ2n) is 4.79. The molecule has 1 aliphatic heterocycles. The van der Waals surface area contributed by atoms with Crippen LogP contribution in [0.5, 0.6) is 5.88 Å². The zero-order chi connectivity index (χ0) is 12.8. The molecule has 4 nitrogen and oxygen atoms in total. The normalized spacial score (nSPS) is 20.9. The molecule has 0 radical (unpaired) electrons. The third-order valence-corrected chi connectivity index (χ3v) is 3.63. The first-order valence-electron chi connectivity index (χ1n) is 6.46. The highest BCUT2D eigenvalue weighted by molar-refractivity contribution is 6.17. The van der Waals surface area contributed by atoms with E-state index in [2.05, 4.69) is 15.1 Å². The molecule has 0 saturated carbocycles. The van der Waals surface area contributed by atoms with E-state index in [9.17, 15) is 0 Å². The molecule has 18 heavy (non-hydrogen) atoms. The maximum absolute atomic E-state index is 5.82. The maximum Gasteiger partial charge on any atom is 0.233 e. The lowest BCUT2D eigenvalue weighted by molar-refractivity contribution is 0.163. The van der Waals surface area contributed by atoms with E-state index < -0.39 is 0 Å². The number of likely N-dealkylation sites (tertiary alicyclic amines) is 1. The first kappa shape index (κ1) is 13.6. The zero-order valence-corrected chi connectivity index (χ0v) is 11.6. The van der Waals surface area contributed by atoms with Crippen LogP contribution in [0.1, 0.15) is 25.0 Å². The first-order chi connectivity index (χ1) is 8.81. The van der Waals surface area contributed by atoms with Crippen LogP contribution in [0.15, 0.2) is 12.1 Å². The third kappa shape index (κ3) is 3.82. The van der Waals surface area contributed by atoms with Gasteiger partial charge in [0.1, 0.15) is 0 Å². The molecule has 0 N–H and O–H groups in total. The van der Waals surface area contributed by atoms with Gasteiger partial charge in [-0.15, -0.1) is 16.7 Å². The van der Waals surface area contributed by atoms with E-state index in [0.717, 1.165) is 43.5 Å². The van der Waals surface area contributed by atoms with Crippen LogP contribution in [0.2, 0.25) is 0 Å². The lowest BCUT2D eigenvalue weighted by Crippen LogP contribution is -2.35. The van der Waals surface area contributed by atoms with Crippen LogP contribution in [0.25, 0.3) is 0 Å². The molecular formula is C13H20ClN3O. The Kier molecular flexibility index (Phi) is 5.20. The van der Waals surface area contributed by atoms with Crippen LogP contribution in [0, 0.1) is 5.92 Å². The number of hydrogen-bond acceptors (Lipinski definition) is 4. The van der Waals surface area contributed by atoms with Gasteiger partial charge >= 0.3 is 0 Å². The van der Waals surface area contributed by atoms with Gasteiger partial charge in [0.05, 0.1) is 12.8 Å². The summed E-state index contributed by atoms with van der Waals surface area (Å²) in [5.41, 5.74) is 1.00. The average molecular weight is 270 g/mol. The number of ether oxygens (including phenoxy) is 1. The predicted molar refractivity (Wildman–Crippen MR) is 71.9 cm³/mol. The summed E-state index contributed by atoms with van der Waals surface area (Å²) in [5, 5.41) is 8.17. The number of halogens is 1. The Morgan fingerprint density at radius 1 is 1.44 bits per heavy atom. The average Bonchev–Trinajstić information content (AvgIpc) is 2.40. The summed E-state index contributed by atoms with van der Waals surface area (Å²) in [4.78, 5) is 2.44. The Hall–Kier alpha value is -0.870. The predicted octanol–water partition coefficient (Wildman–Crippen LogP) is 2.33. The highest BCUT2D eigenvalue weighted by Gasteiger charge is 2.19. The van der Waals surface area contributed by atoms with Gasteiger partial charge in [0.2, 0.25) is 5.88 Å². The van der Waals surface area contributed by atoms with Crippen molar-refractivity contribution in [2.24, 2.45) is 5.92 Å². The molecule has 100 valence electrons. The van der Waals surface area contributed by atoms with E-state index in [4.69, 9.17) is 16.3 Å². The molecule has 5 heteroatoms. The first-order valence-corrected chi connectivity index (χ1v) is 7.00. The molecule has 1 saturated heterocycles. The van der Waals surface area contributed by atoms with Crippen LogP contribution in [0.4, 0.5) is 0 Å². The molecule has 0 amide bonds. The summed E-state index contributed by atoms with van der Waals surface area (Å²) >= 11 is 5.82. The lowest BCUT2D eigenvalue weighted by Gasteiger charge is -2.32. The molecule has 0 aromatic carbocycles. The number of methoxy groups -OCH3 is 1. The van der Waals surface area contributed by atoms with Crippen LogP contribution < -0.4 is 4.74 Å². The van der Waals surface area contributed by atoms with E-state index in [1.807, 2.05) is 12.1 Å². The molecular weight excluding hydrogens is 250 g/mol. The summed E-state index contributed by atoms with van der Waals surface area (Å²) in [7, 11) is 1.60. The van der Waals surface area contributed by atoms with Gasteiger partial charge in [-0.3, -0.25) is 4.90 Å². The molecule has 1 atom stereocenters. The van der Waals surface area contributed by atoms with E-state index in [1.54, 1.807) is 7.11 Å². The number of hydrogen-bond donors (Lipinski definition) is 0. The molecule has 0 bridgehead atoms. The van der Waals surface area contributed by atoms with Gasteiger partial charge in [-0.25, -0.2) is 0 Å². The Bertz CT molecular complexity index is 356. The minimum atomic E-state index is 0.567. The largest absolute Gasteiger partial charge is 0.480 e. The van der Waals surface area contributed by atoms with Crippen LogP contribution in [0.3, 0.4) is 0 Å². The molecule has 1 unspecified atom stereocenters. The van der Waals surface area contributed by atoms with Gasteiger partial charge in [-0.05, 0) is 37.8 Å². The van der Waals surface area contributed by atoms with E-state index in [0.29, 0.717) is 5.88 Å². The van der Waals surface area contributed by atoms with Gasteiger partial charge < -0.3 is 4.74 Å². The topological polar surface area (TPSA) is 38.2 Å². The summed E-state index contributed by atoms with van der Waals surface area (Å²) in [5.74, 6) is 2.07. The minimum absolute atomic E-state index is 0.567. The number of alkyl halides is 1. The fraction of sp³-hybridized carbons (Fsp3) is 0.692. The van der Waals surface area contributed by atoms with Crippen molar-refractivity contribution in [1.82, 2.24) is 15.1 Å². The molecule has 1 aromatic heterocycles. The van der Waals surface area contributed by atoms with Gasteiger partial charge in [0.25, 0.3) is 0 Å². The highest BCUT2D eigenvalue weighted by Crippen LogP contribution is 2.21. The second kappa shape index (κ2) is 6.90. The lowest BCUT2D eigenvalue weighted by atomic mass is 9.95. The summed E-state index contributed by atoms with van der Waals surface area (Å²) < 4.78 is 5.01. The van der Waals surface area contributed by atoms with Crippen molar-refractivity contribution in [1.29, 1.82) is 0 Å². The quantitative estimate of drug-likeness (QED) is 0.769. The fourth-order valence-corrected chi connectivity index (χ4v) is 2.76. The van der Waals surface area contributed by atoms with Crippen molar-refractivity contribution in [2.45, 2.75) is 25.8 Å². The Balaban J connectivity index is 1.87. The van der Waals surface area contributed by atoms with Crippen molar-refractivity contribution >= 4 is 11.6 Å². The molecule has 1 fully saturated rings. The Morgan fingerprint density at radius 2 is 2.33 bits per heavy atom. The second-order valence-corrected chi connectivity index (χ2v) is 5.17. The van der Waals surface area contributed by atoms with Gasteiger partial charge in [-0.1, -0.05) is 0 Å². The van der Waals surface area contributed by atoms with Crippen molar-refractivity contribution in [3.05, 3.63) is 17.8 Å². The third-order valence-electron chi connectivity index (χ3n) is 3.41. The van der Waals surface area contributed by atoms with Crippen molar-refractivity contribution < 1.29 is 4.74 Å².